The third-order valence-corrected chi connectivity index (χ3v) is 4.80. The number of pyridine rings is 1. The van der Waals surface area contributed by atoms with Crippen LogP contribution >= 0.6 is 0 Å². The molecular weight excluding hydrogens is 430 g/mol. The van der Waals surface area contributed by atoms with Crippen LogP contribution in [0.15, 0.2) is 30.5 Å². The summed E-state index contributed by atoms with van der Waals surface area (Å²) < 4.78 is 79.3. The number of alkyl halides is 6. The van der Waals surface area contributed by atoms with Gasteiger partial charge in [0.1, 0.15) is 11.4 Å². The van der Waals surface area contributed by atoms with Gasteiger partial charge in [0.25, 0.3) is 5.91 Å². The number of halogens is 6. The topological polar surface area (TPSA) is 77.6 Å². The van der Waals surface area contributed by atoms with E-state index < -0.39 is 35.7 Å². The molecular formula is C18H14F6N6O. The Labute approximate surface area is 170 Å². The van der Waals surface area contributed by atoms with Crippen molar-refractivity contribution in [3.05, 3.63) is 53.2 Å². The summed E-state index contributed by atoms with van der Waals surface area (Å²) in [4.78, 5) is 15.7. The van der Waals surface area contributed by atoms with E-state index in [4.69, 9.17) is 0 Å². The first-order chi connectivity index (χ1) is 14.4. The van der Waals surface area contributed by atoms with Crippen molar-refractivity contribution >= 4 is 5.91 Å². The molecule has 4 rings (SSSR count). The lowest BCUT2D eigenvalue weighted by Gasteiger charge is -2.12. The van der Waals surface area contributed by atoms with Gasteiger partial charge in [-0.2, -0.15) is 36.5 Å². The Morgan fingerprint density at radius 2 is 1.77 bits per heavy atom. The number of carbonyl (C=O) groups excluding carboxylic acids is 1. The molecule has 164 valence electrons. The summed E-state index contributed by atoms with van der Waals surface area (Å²) in [6, 6.07) is 4.15. The molecule has 0 aliphatic carbocycles. The van der Waals surface area contributed by atoms with Gasteiger partial charge >= 0.3 is 12.4 Å². The van der Waals surface area contributed by atoms with Crippen molar-refractivity contribution in [2.75, 3.05) is 0 Å². The highest BCUT2D eigenvalue weighted by Crippen LogP contribution is 2.31. The molecule has 1 aliphatic heterocycles. The summed E-state index contributed by atoms with van der Waals surface area (Å²) >= 11 is 0. The molecule has 0 bridgehead atoms. The fourth-order valence-corrected chi connectivity index (χ4v) is 3.36. The smallest absolute Gasteiger partial charge is 0.346 e. The highest BCUT2D eigenvalue weighted by Gasteiger charge is 2.36. The number of nitrogens with zero attached hydrogens (tertiary/aromatic N) is 5. The molecule has 0 unspecified atom stereocenters. The first-order valence-corrected chi connectivity index (χ1v) is 8.94. The van der Waals surface area contributed by atoms with E-state index in [-0.39, 0.29) is 17.8 Å². The largest absolute Gasteiger partial charge is 0.435 e. The Bertz CT molecular complexity index is 1120. The van der Waals surface area contributed by atoms with E-state index >= 15 is 0 Å². The normalized spacial score (nSPS) is 16.4. The van der Waals surface area contributed by atoms with Gasteiger partial charge in [-0.1, -0.05) is 0 Å². The molecule has 1 aliphatic rings. The fraction of sp³-hybridized carbons (Fsp3) is 0.333. The molecule has 0 fully saturated rings. The number of hydrogen-bond donors (Lipinski definition) is 1. The maximum absolute atomic E-state index is 12.9. The SMILES string of the molecule is Cn1nc(C(F)(F)F)cc1C(=O)N[C@@H]1Cc2cc(-c3ccnc(C(F)(F)F)c3)nn2C1. The predicted octanol–water partition coefficient (Wildman–Crippen LogP) is 3.07. The van der Waals surface area contributed by atoms with Crippen LogP contribution in [0.1, 0.15) is 27.6 Å². The third kappa shape index (κ3) is 4.11. The second-order valence-corrected chi connectivity index (χ2v) is 7.04. The van der Waals surface area contributed by atoms with Crippen LogP contribution in [0, 0.1) is 0 Å². The predicted molar refractivity (Wildman–Crippen MR) is 93.6 cm³/mol. The van der Waals surface area contributed by atoms with Gasteiger partial charge in [0.05, 0.1) is 18.3 Å². The lowest BCUT2D eigenvalue weighted by molar-refractivity contribution is -0.142. The first-order valence-electron chi connectivity index (χ1n) is 8.94. The van der Waals surface area contributed by atoms with Gasteiger partial charge in [0, 0.05) is 37.0 Å². The minimum atomic E-state index is -4.67. The minimum Gasteiger partial charge on any atom is -0.346 e. The van der Waals surface area contributed by atoms with Gasteiger partial charge in [0.15, 0.2) is 5.69 Å². The Kier molecular flexibility index (Phi) is 4.78. The highest BCUT2D eigenvalue weighted by molar-refractivity contribution is 5.93. The van der Waals surface area contributed by atoms with Gasteiger partial charge < -0.3 is 5.32 Å². The fourth-order valence-electron chi connectivity index (χ4n) is 3.36. The number of nitrogens with one attached hydrogen (secondary N) is 1. The highest BCUT2D eigenvalue weighted by atomic mass is 19.4. The van der Waals surface area contributed by atoms with Gasteiger partial charge in [-0.05, 0) is 18.2 Å². The second kappa shape index (κ2) is 7.10. The van der Waals surface area contributed by atoms with Crippen LogP contribution in [0.3, 0.4) is 0 Å². The molecule has 3 aromatic heterocycles. The number of fused-ring (bicyclic) bond motifs is 1. The lowest BCUT2D eigenvalue weighted by Crippen LogP contribution is -2.37. The van der Waals surface area contributed by atoms with Crippen LogP contribution in [0.5, 0.6) is 0 Å². The van der Waals surface area contributed by atoms with E-state index in [0.717, 1.165) is 16.9 Å². The zero-order chi connectivity index (χ0) is 22.6. The Balaban J connectivity index is 1.46. The number of aromatic nitrogens is 5. The van der Waals surface area contributed by atoms with Crippen LogP contribution in [0.25, 0.3) is 11.3 Å². The Hall–Kier alpha value is -3.38. The summed E-state index contributed by atoms with van der Waals surface area (Å²) in [7, 11) is 1.24. The van der Waals surface area contributed by atoms with Crippen molar-refractivity contribution in [3.63, 3.8) is 0 Å². The molecule has 13 heteroatoms. The number of carbonyl (C=O) groups is 1. The van der Waals surface area contributed by atoms with Crippen LogP contribution in [-0.4, -0.2) is 36.5 Å². The van der Waals surface area contributed by atoms with Crippen molar-refractivity contribution in [2.24, 2.45) is 7.05 Å². The zero-order valence-electron chi connectivity index (χ0n) is 15.8. The molecule has 0 radical (unpaired) electrons. The van der Waals surface area contributed by atoms with Crippen molar-refractivity contribution in [1.29, 1.82) is 0 Å². The zero-order valence-corrected chi connectivity index (χ0v) is 15.8. The number of rotatable bonds is 3. The third-order valence-electron chi connectivity index (χ3n) is 4.80. The van der Waals surface area contributed by atoms with Gasteiger partial charge in [-0.25, -0.2) is 0 Å². The maximum Gasteiger partial charge on any atom is 0.435 e. The van der Waals surface area contributed by atoms with E-state index in [9.17, 15) is 31.1 Å². The molecule has 1 N–H and O–H groups in total. The molecule has 4 heterocycles. The van der Waals surface area contributed by atoms with Gasteiger partial charge in [0.2, 0.25) is 0 Å². The minimum absolute atomic E-state index is 0.224. The van der Waals surface area contributed by atoms with E-state index in [1.54, 1.807) is 10.7 Å². The standard InChI is InChI=1S/C18H14F6N6O/c1-29-13(7-15(28-29)18(22,23)24)16(31)26-10-5-11-6-12(27-30(11)8-10)9-2-3-25-14(4-9)17(19,20)21/h2-4,6-7,10H,5,8H2,1H3,(H,26,31)/t10-/m1/s1. The summed E-state index contributed by atoms with van der Waals surface area (Å²) in [6.07, 6.45) is -7.87. The monoisotopic (exact) mass is 444 g/mol. The van der Waals surface area contributed by atoms with E-state index in [1.165, 1.54) is 13.1 Å². The molecule has 7 nitrogen and oxygen atoms in total. The van der Waals surface area contributed by atoms with Crippen LogP contribution < -0.4 is 5.32 Å². The van der Waals surface area contributed by atoms with Crippen molar-refractivity contribution in [3.8, 4) is 11.3 Å². The molecule has 0 aromatic carbocycles. The molecule has 31 heavy (non-hydrogen) atoms. The average molecular weight is 444 g/mol. The van der Waals surface area contributed by atoms with Gasteiger partial charge in [-0.15, -0.1) is 0 Å². The molecule has 1 atom stereocenters. The molecule has 3 aromatic rings. The molecule has 0 saturated heterocycles. The van der Waals surface area contributed by atoms with Crippen molar-refractivity contribution in [2.45, 2.75) is 31.4 Å². The maximum atomic E-state index is 12.9. The van der Waals surface area contributed by atoms with Crippen LogP contribution in [0.2, 0.25) is 0 Å². The Morgan fingerprint density at radius 3 is 2.39 bits per heavy atom. The average Bonchev–Trinajstić information content (AvgIpc) is 3.33. The summed E-state index contributed by atoms with van der Waals surface area (Å²) in [5.41, 5.74) is -1.19. The van der Waals surface area contributed by atoms with Gasteiger partial charge in [-0.3, -0.25) is 19.1 Å². The van der Waals surface area contributed by atoms with Crippen LogP contribution in [0.4, 0.5) is 26.3 Å². The van der Waals surface area contributed by atoms with E-state index in [1.807, 2.05) is 0 Å². The van der Waals surface area contributed by atoms with Crippen molar-refractivity contribution in [1.82, 2.24) is 29.9 Å². The second-order valence-electron chi connectivity index (χ2n) is 7.04. The quantitative estimate of drug-likeness (QED) is 0.630. The van der Waals surface area contributed by atoms with E-state index in [0.29, 0.717) is 23.9 Å². The van der Waals surface area contributed by atoms with Crippen LogP contribution in [-0.2, 0) is 32.4 Å². The summed E-state index contributed by atoms with van der Waals surface area (Å²) in [6.45, 7) is 0.224. The summed E-state index contributed by atoms with van der Waals surface area (Å²) in [5, 5.41) is 10.2. The lowest BCUT2D eigenvalue weighted by atomic mass is 10.1. The Morgan fingerprint density at radius 1 is 1.06 bits per heavy atom. The summed E-state index contributed by atoms with van der Waals surface area (Å²) in [5.74, 6) is -0.717. The number of hydrogen-bond acceptors (Lipinski definition) is 4. The number of aryl methyl sites for hydroxylation is 1. The molecule has 0 saturated carbocycles. The first kappa shape index (κ1) is 20.9. The van der Waals surface area contributed by atoms with E-state index in [2.05, 4.69) is 20.5 Å². The molecule has 0 spiro atoms. The van der Waals surface area contributed by atoms with Crippen molar-refractivity contribution < 1.29 is 31.1 Å². The number of amides is 1. The molecule has 1 amide bonds.